The molecule has 0 aliphatic carbocycles. The Balaban J connectivity index is 1.65. The SMILES string of the molecule is [C-]#[N+]c1ccc([C@@H](C)N2CCN(c3ccc(OCCO)cc3C#N)[C@H](c3ccc(Cl)cc3)C2)cc1. The van der Waals surface area contributed by atoms with Gasteiger partial charge in [0.05, 0.1) is 30.5 Å². The molecule has 0 radical (unpaired) electrons. The first-order valence-corrected chi connectivity index (χ1v) is 11.9. The molecular formula is C28H27ClN4O2. The number of nitriles is 1. The number of aliphatic hydroxyl groups is 1. The molecule has 1 fully saturated rings. The molecule has 6 nitrogen and oxygen atoms in total. The van der Waals surface area contributed by atoms with E-state index in [2.05, 4.69) is 27.6 Å². The number of piperazine rings is 1. The van der Waals surface area contributed by atoms with Crippen molar-refractivity contribution in [3.05, 3.63) is 99.9 Å². The highest BCUT2D eigenvalue weighted by molar-refractivity contribution is 6.30. The molecule has 178 valence electrons. The van der Waals surface area contributed by atoms with E-state index in [0.717, 1.165) is 30.9 Å². The van der Waals surface area contributed by atoms with E-state index in [9.17, 15) is 5.26 Å². The third kappa shape index (κ3) is 5.58. The molecule has 0 aromatic heterocycles. The summed E-state index contributed by atoms with van der Waals surface area (Å²) in [7, 11) is 0. The van der Waals surface area contributed by atoms with Gasteiger partial charge in [0.2, 0.25) is 0 Å². The van der Waals surface area contributed by atoms with E-state index in [1.54, 1.807) is 6.07 Å². The quantitative estimate of drug-likeness (QED) is 0.430. The summed E-state index contributed by atoms with van der Waals surface area (Å²) in [6, 6.07) is 23.7. The second kappa shape index (κ2) is 11.3. The highest BCUT2D eigenvalue weighted by Gasteiger charge is 2.32. The number of hydrogen-bond acceptors (Lipinski definition) is 5. The second-order valence-corrected chi connectivity index (χ2v) is 8.93. The zero-order valence-electron chi connectivity index (χ0n) is 19.6. The van der Waals surface area contributed by atoms with E-state index in [4.69, 9.17) is 28.0 Å². The van der Waals surface area contributed by atoms with Crippen LogP contribution in [0.4, 0.5) is 11.4 Å². The Morgan fingerprint density at radius 2 is 1.89 bits per heavy atom. The predicted molar refractivity (Wildman–Crippen MR) is 138 cm³/mol. The molecule has 35 heavy (non-hydrogen) atoms. The molecule has 0 saturated carbocycles. The molecule has 4 rings (SSSR count). The Hall–Kier alpha value is -3.55. The van der Waals surface area contributed by atoms with Crippen molar-refractivity contribution in [2.24, 2.45) is 0 Å². The minimum absolute atomic E-state index is 0.0160. The molecule has 1 aliphatic rings. The summed E-state index contributed by atoms with van der Waals surface area (Å²) in [5.74, 6) is 0.567. The van der Waals surface area contributed by atoms with Crippen LogP contribution in [0.2, 0.25) is 5.02 Å². The van der Waals surface area contributed by atoms with Crippen LogP contribution in [0.5, 0.6) is 5.75 Å². The summed E-state index contributed by atoms with van der Waals surface area (Å²) in [6.07, 6.45) is 0. The average molecular weight is 487 g/mol. The maximum Gasteiger partial charge on any atom is 0.187 e. The minimum Gasteiger partial charge on any atom is -0.491 e. The molecule has 7 heteroatoms. The molecule has 3 aromatic carbocycles. The number of nitrogens with zero attached hydrogens (tertiary/aromatic N) is 4. The van der Waals surface area contributed by atoms with Crippen molar-refractivity contribution in [1.82, 2.24) is 4.90 Å². The van der Waals surface area contributed by atoms with E-state index >= 15 is 0 Å². The van der Waals surface area contributed by atoms with Gasteiger partial charge in [-0.25, -0.2) is 4.85 Å². The van der Waals surface area contributed by atoms with Crippen molar-refractivity contribution in [2.75, 3.05) is 37.7 Å². The molecule has 1 aliphatic heterocycles. The summed E-state index contributed by atoms with van der Waals surface area (Å²) in [4.78, 5) is 8.21. The summed E-state index contributed by atoms with van der Waals surface area (Å²) >= 11 is 6.17. The van der Waals surface area contributed by atoms with E-state index in [0.29, 0.717) is 22.0 Å². The van der Waals surface area contributed by atoms with Gasteiger partial charge in [-0.05, 0) is 48.4 Å². The van der Waals surface area contributed by atoms with Crippen molar-refractivity contribution in [3.63, 3.8) is 0 Å². The lowest BCUT2D eigenvalue weighted by molar-refractivity contribution is 0.171. The van der Waals surface area contributed by atoms with Gasteiger partial charge in [0.25, 0.3) is 0 Å². The molecule has 1 saturated heterocycles. The van der Waals surface area contributed by atoms with Crippen LogP contribution in [-0.2, 0) is 0 Å². The van der Waals surface area contributed by atoms with Crippen LogP contribution < -0.4 is 9.64 Å². The largest absolute Gasteiger partial charge is 0.491 e. The van der Waals surface area contributed by atoms with E-state index in [-0.39, 0.29) is 25.3 Å². The van der Waals surface area contributed by atoms with Gasteiger partial charge in [-0.3, -0.25) is 4.90 Å². The molecule has 0 unspecified atom stereocenters. The van der Waals surface area contributed by atoms with Gasteiger partial charge < -0.3 is 14.7 Å². The van der Waals surface area contributed by atoms with Crippen LogP contribution in [0, 0.1) is 17.9 Å². The van der Waals surface area contributed by atoms with Gasteiger partial charge in [0.1, 0.15) is 18.4 Å². The Kier molecular flexibility index (Phi) is 7.90. The van der Waals surface area contributed by atoms with Crippen molar-refractivity contribution in [1.29, 1.82) is 5.26 Å². The Morgan fingerprint density at radius 3 is 2.54 bits per heavy atom. The Morgan fingerprint density at radius 1 is 1.14 bits per heavy atom. The standard InChI is InChI=1S/C28H27ClN4O2/c1-20(21-5-9-25(31-2)10-6-21)32-13-14-33(28(19-32)22-3-7-24(29)8-4-22)27-12-11-26(35-16-15-34)17-23(27)18-30/h3-12,17,20,28,34H,13-16,19H2,1H3/t20-,28+/m1/s1. The van der Waals surface area contributed by atoms with Gasteiger partial charge in [0.15, 0.2) is 5.69 Å². The Labute approximate surface area is 211 Å². The normalized spacial score (nSPS) is 16.8. The zero-order chi connectivity index (χ0) is 24.8. The third-order valence-electron chi connectivity index (χ3n) is 6.48. The Bertz CT molecular complexity index is 1230. The molecule has 0 spiro atoms. The van der Waals surface area contributed by atoms with Gasteiger partial charge in [-0.1, -0.05) is 48.0 Å². The first-order valence-electron chi connectivity index (χ1n) is 11.6. The molecule has 3 aromatic rings. The molecule has 0 amide bonds. The average Bonchev–Trinajstić information content (AvgIpc) is 2.91. The lowest BCUT2D eigenvalue weighted by Crippen LogP contribution is -2.49. The highest BCUT2D eigenvalue weighted by atomic mass is 35.5. The lowest BCUT2D eigenvalue weighted by atomic mass is 9.97. The van der Waals surface area contributed by atoms with E-state index < -0.39 is 0 Å². The maximum absolute atomic E-state index is 9.89. The number of anilines is 1. The first-order chi connectivity index (χ1) is 17.0. The van der Waals surface area contributed by atoms with Crippen molar-refractivity contribution in [2.45, 2.75) is 19.0 Å². The molecule has 1 N–H and O–H groups in total. The highest BCUT2D eigenvalue weighted by Crippen LogP contribution is 2.37. The van der Waals surface area contributed by atoms with Crippen LogP contribution in [0.15, 0.2) is 66.7 Å². The fourth-order valence-electron chi connectivity index (χ4n) is 4.56. The van der Waals surface area contributed by atoms with Gasteiger partial charge >= 0.3 is 0 Å². The number of rotatable bonds is 7. The zero-order valence-corrected chi connectivity index (χ0v) is 20.3. The van der Waals surface area contributed by atoms with Crippen molar-refractivity contribution >= 4 is 23.0 Å². The van der Waals surface area contributed by atoms with Crippen LogP contribution in [-0.4, -0.2) is 42.9 Å². The maximum atomic E-state index is 9.89. The first kappa shape index (κ1) is 24.6. The van der Waals surface area contributed by atoms with Crippen LogP contribution in [0.1, 0.15) is 35.7 Å². The minimum atomic E-state index is -0.0803. The van der Waals surface area contributed by atoms with E-state index in [1.165, 1.54) is 5.56 Å². The molecule has 0 bridgehead atoms. The summed E-state index contributed by atoms with van der Waals surface area (Å²) in [5, 5.41) is 19.6. The monoisotopic (exact) mass is 486 g/mol. The van der Waals surface area contributed by atoms with Gasteiger partial charge in [-0.15, -0.1) is 0 Å². The fraction of sp³-hybridized carbons (Fsp3) is 0.286. The summed E-state index contributed by atoms with van der Waals surface area (Å²) in [6.45, 7) is 11.8. The van der Waals surface area contributed by atoms with Crippen LogP contribution in [0.3, 0.4) is 0 Å². The number of ether oxygens (including phenoxy) is 1. The molecule has 1 heterocycles. The van der Waals surface area contributed by atoms with E-state index in [1.807, 2.05) is 60.7 Å². The summed E-state index contributed by atoms with van der Waals surface area (Å²) < 4.78 is 5.52. The summed E-state index contributed by atoms with van der Waals surface area (Å²) in [5.41, 5.74) is 4.33. The van der Waals surface area contributed by atoms with Crippen LogP contribution >= 0.6 is 11.6 Å². The number of aliphatic hydroxyl groups excluding tert-OH is 1. The van der Waals surface area contributed by atoms with Crippen molar-refractivity contribution < 1.29 is 9.84 Å². The lowest BCUT2D eigenvalue weighted by Gasteiger charge is -2.45. The second-order valence-electron chi connectivity index (χ2n) is 8.50. The number of benzene rings is 3. The molecular weight excluding hydrogens is 460 g/mol. The number of halogens is 1. The van der Waals surface area contributed by atoms with Crippen LogP contribution in [0.25, 0.3) is 4.85 Å². The third-order valence-corrected chi connectivity index (χ3v) is 6.73. The van der Waals surface area contributed by atoms with Crippen molar-refractivity contribution in [3.8, 4) is 11.8 Å². The number of hydrogen-bond donors (Lipinski definition) is 1. The van der Waals surface area contributed by atoms with Gasteiger partial charge in [0, 0.05) is 30.7 Å². The predicted octanol–water partition coefficient (Wildman–Crippen LogP) is 5.76. The van der Waals surface area contributed by atoms with Gasteiger partial charge in [-0.2, -0.15) is 5.26 Å². The topological polar surface area (TPSA) is 64.1 Å². The molecule has 2 atom stereocenters. The fourth-order valence-corrected chi connectivity index (χ4v) is 4.69. The smallest absolute Gasteiger partial charge is 0.187 e.